The molecule has 18 heavy (non-hydrogen) atoms. The average Bonchev–Trinajstić information content (AvgIpc) is 2.82. The van der Waals surface area contributed by atoms with Gasteiger partial charge in [0.1, 0.15) is 0 Å². The molecule has 0 unspecified atom stereocenters. The standard InChI is InChI=1S/C18H18/c1-3-14-11-16-10-9-13(2)18(17(16)12-14)15-7-5-4-6-8-15/h4-10,12H,3,11H2,1-2H3. The Labute approximate surface area is 109 Å². The molecular formula is C18H18. The van der Waals surface area contributed by atoms with Gasteiger partial charge in [0, 0.05) is 0 Å². The fourth-order valence-electron chi connectivity index (χ4n) is 2.81. The fourth-order valence-corrected chi connectivity index (χ4v) is 2.81. The van der Waals surface area contributed by atoms with Gasteiger partial charge in [-0.05, 0) is 47.6 Å². The lowest BCUT2D eigenvalue weighted by atomic mass is 9.93. The third-order valence-electron chi connectivity index (χ3n) is 3.83. The van der Waals surface area contributed by atoms with Crippen LogP contribution < -0.4 is 0 Å². The Morgan fingerprint density at radius 1 is 1.00 bits per heavy atom. The van der Waals surface area contributed by atoms with Crippen LogP contribution in [0.2, 0.25) is 0 Å². The Morgan fingerprint density at radius 2 is 1.78 bits per heavy atom. The maximum atomic E-state index is 2.39. The molecule has 0 aliphatic heterocycles. The van der Waals surface area contributed by atoms with Gasteiger partial charge in [-0.15, -0.1) is 0 Å². The summed E-state index contributed by atoms with van der Waals surface area (Å²) < 4.78 is 0. The minimum Gasteiger partial charge on any atom is -0.0655 e. The molecular weight excluding hydrogens is 216 g/mol. The van der Waals surface area contributed by atoms with Gasteiger partial charge >= 0.3 is 0 Å². The molecule has 0 heterocycles. The van der Waals surface area contributed by atoms with E-state index in [2.05, 4.69) is 62.4 Å². The molecule has 3 rings (SSSR count). The van der Waals surface area contributed by atoms with Crippen molar-refractivity contribution in [3.05, 3.63) is 64.7 Å². The summed E-state index contributed by atoms with van der Waals surface area (Å²) in [7, 11) is 0. The smallest absolute Gasteiger partial charge is 0.00577 e. The number of hydrogen-bond donors (Lipinski definition) is 0. The van der Waals surface area contributed by atoms with Crippen LogP contribution in [0.1, 0.15) is 30.0 Å². The first-order chi connectivity index (χ1) is 8.79. The van der Waals surface area contributed by atoms with Gasteiger partial charge in [-0.3, -0.25) is 0 Å². The molecule has 1 aliphatic carbocycles. The van der Waals surface area contributed by atoms with E-state index in [0.717, 1.165) is 12.8 Å². The third kappa shape index (κ3) is 1.78. The molecule has 2 aromatic carbocycles. The van der Waals surface area contributed by atoms with E-state index < -0.39 is 0 Å². The summed E-state index contributed by atoms with van der Waals surface area (Å²) in [5.74, 6) is 0. The highest BCUT2D eigenvalue weighted by molar-refractivity contribution is 5.82. The molecule has 0 spiro atoms. The van der Waals surface area contributed by atoms with E-state index in [0.29, 0.717) is 0 Å². The zero-order valence-corrected chi connectivity index (χ0v) is 11.0. The van der Waals surface area contributed by atoms with Gasteiger partial charge in [0.2, 0.25) is 0 Å². The van der Waals surface area contributed by atoms with Crippen LogP contribution in [0.15, 0.2) is 48.0 Å². The van der Waals surface area contributed by atoms with Crippen molar-refractivity contribution < 1.29 is 0 Å². The summed E-state index contributed by atoms with van der Waals surface area (Å²) >= 11 is 0. The molecule has 0 bridgehead atoms. The van der Waals surface area contributed by atoms with Crippen LogP contribution in [0.5, 0.6) is 0 Å². The van der Waals surface area contributed by atoms with Gasteiger partial charge in [0.05, 0.1) is 0 Å². The molecule has 0 amide bonds. The van der Waals surface area contributed by atoms with E-state index in [1.54, 1.807) is 5.57 Å². The lowest BCUT2D eigenvalue weighted by Crippen LogP contribution is -1.91. The summed E-state index contributed by atoms with van der Waals surface area (Å²) in [4.78, 5) is 0. The molecule has 0 nitrogen and oxygen atoms in total. The second kappa shape index (κ2) is 4.45. The van der Waals surface area contributed by atoms with Gasteiger partial charge in [-0.1, -0.05) is 61.0 Å². The number of aryl methyl sites for hydroxylation is 1. The molecule has 90 valence electrons. The van der Waals surface area contributed by atoms with Crippen molar-refractivity contribution in [3.8, 4) is 11.1 Å². The molecule has 1 aliphatic rings. The van der Waals surface area contributed by atoms with Gasteiger partial charge in [0.25, 0.3) is 0 Å². The monoisotopic (exact) mass is 234 g/mol. The quantitative estimate of drug-likeness (QED) is 0.685. The van der Waals surface area contributed by atoms with Crippen LogP contribution in [0.3, 0.4) is 0 Å². The molecule has 0 saturated heterocycles. The van der Waals surface area contributed by atoms with Gasteiger partial charge in [-0.25, -0.2) is 0 Å². The zero-order valence-electron chi connectivity index (χ0n) is 11.0. The largest absolute Gasteiger partial charge is 0.0655 e. The first kappa shape index (κ1) is 11.3. The first-order valence-electron chi connectivity index (χ1n) is 6.67. The van der Waals surface area contributed by atoms with E-state index in [-0.39, 0.29) is 0 Å². The van der Waals surface area contributed by atoms with Crippen molar-refractivity contribution in [2.45, 2.75) is 26.7 Å². The molecule has 0 atom stereocenters. The SMILES string of the molecule is CCC1=Cc2c(ccc(C)c2-c2ccccc2)C1. The maximum absolute atomic E-state index is 2.39. The summed E-state index contributed by atoms with van der Waals surface area (Å²) in [5.41, 5.74) is 8.59. The van der Waals surface area contributed by atoms with Crippen molar-refractivity contribution in [2.24, 2.45) is 0 Å². The molecule has 2 aromatic rings. The van der Waals surface area contributed by atoms with Crippen molar-refractivity contribution in [2.75, 3.05) is 0 Å². The second-order valence-corrected chi connectivity index (χ2v) is 5.03. The zero-order chi connectivity index (χ0) is 12.5. The Hall–Kier alpha value is -1.82. The minimum atomic E-state index is 1.13. The Balaban J connectivity index is 2.22. The molecule has 0 aromatic heterocycles. The van der Waals surface area contributed by atoms with E-state index in [1.807, 2.05) is 0 Å². The van der Waals surface area contributed by atoms with Crippen molar-refractivity contribution >= 4 is 6.08 Å². The average molecular weight is 234 g/mol. The van der Waals surface area contributed by atoms with Crippen molar-refractivity contribution in [1.29, 1.82) is 0 Å². The van der Waals surface area contributed by atoms with Crippen LogP contribution in [-0.2, 0) is 6.42 Å². The van der Waals surface area contributed by atoms with Crippen LogP contribution in [0.4, 0.5) is 0 Å². The Bertz CT molecular complexity index is 603. The van der Waals surface area contributed by atoms with Gasteiger partial charge in [-0.2, -0.15) is 0 Å². The second-order valence-electron chi connectivity index (χ2n) is 5.03. The summed E-state index contributed by atoms with van der Waals surface area (Å²) in [6, 6.07) is 15.3. The van der Waals surface area contributed by atoms with E-state index >= 15 is 0 Å². The summed E-state index contributed by atoms with van der Waals surface area (Å²) in [5, 5.41) is 0. The van der Waals surface area contributed by atoms with Crippen molar-refractivity contribution in [3.63, 3.8) is 0 Å². The van der Waals surface area contributed by atoms with Crippen LogP contribution >= 0.6 is 0 Å². The predicted octanol–water partition coefficient (Wildman–Crippen LogP) is 5.01. The topological polar surface area (TPSA) is 0 Å². The van der Waals surface area contributed by atoms with Crippen LogP contribution in [0.25, 0.3) is 17.2 Å². The molecule has 0 N–H and O–H groups in total. The summed E-state index contributed by atoms with van der Waals surface area (Å²) in [6.07, 6.45) is 4.68. The minimum absolute atomic E-state index is 1.13. The first-order valence-corrected chi connectivity index (χ1v) is 6.67. The maximum Gasteiger partial charge on any atom is -0.00577 e. The van der Waals surface area contributed by atoms with E-state index in [4.69, 9.17) is 0 Å². The third-order valence-corrected chi connectivity index (χ3v) is 3.83. The highest BCUT2D eigenvalue weighted by atomic mass is 14.2. The van der Waals surface area contributed by atoms with E-state index in [1.165, 1.54) is 27.8 Å². The fraction of sp³-hybridized carbons (Fsp3) is 0.222. The molecule has 0 radical (unpaired) electrons. The lowest BCUT2D eigenvalue weighted by molar-refractivity contribution is 1.04. The van der Waals surface area contributed by atoms with Gasteiger partial charge < -0.3 is 0 Å². The number of allylic oxidation sites excluding steroid dienone is 1. The van der Waals surface area contributed by atoms with E-state index in [9.17, 15) is 0 Å². The number of fused-ring (bicyclic) bond motifs is 1. The molecule has 0 heteroatoms. The highest BCUT2D eigenvalue weighted by Gasteiger charge is 2.17. The van der Waals surface area contributed by atoms with Crippen LogP contribution in [0, 0.1) is 6.92 Å². The van der Waals surface area contributed by atoms with Gasteiger partial charge in [0.15, 0.2) is 0 Å². The van der Waals surface area contributed by atoms with Crippen LogP contribution in [-0.4, -0.2) is 0 Å². The lowest BCUT2D eigenvalue weighted by Gasteiger charge is -2.11. The van der Waals surface area contributed by atoms with Crippen molar-refractivity contribution in [1.82, 2.24) is 0 Å². The predicted molar refractivity (Wildman–Crippen MR) is 78.6 cm³/mol. The molecule has 0 saturated carbocycles. The highest BCUT2D eigenvalue weighted by Crippen LogP contribution is 2.36. The number of hydrogen-bond acceptors (Lipinski definition) is 0. The Kier molecular flexibility index (Phi) is 2.79. The normalized spacial score (nSPS) is 13.3. The Morgan fingerprint density at radius 3 is 2.50 bits per heavy atom. The number of benzene rings is 2. The number of rotatable bonds is 2. The summed E-state index contributed by atoms with van der Waals surface area (Å²) in [6.45, 7) is 4.45. The molecule has 0 fully saturated rings.